The molecule has 2 aromatic heterocycles. The van der Waals surface area contributed by atoms with Gasteiger partial charge in [-0.05, 0) is 6.42 Å². The van der Waals surface area contributed by atoms with E-state index in [1.54, 1.807) is 12.5 Å². The normalized spacial score (nSPS) is 10.9. The van der Waals surface area contributed by atoms with Gasteiger partial charge >= 0.3 is 0 Å². The second-order valence-corrected chi connectivity index (χ2v) is 3.07. The maximum atomic E-state index is 4.44. The van der Waals surface area contributed by atoms with E-state index in [1.165, 1.54) is 0 Å². The second-order valence-electron chi connectivity index (χ2n) is 3.07. The third-order valence-corrected chi connectivity index (χ3v) is 2.10. The molecular weight excluding hydrogens is 164 g/mol. The van der Waals surface area contributed by atoms with Gasteiger partial charge in [-0.1, -0.05) is 6.92 Å². The van der Waals surface area contributed by atoms with Gasteiger partial charge in [0.25, 0.3) is 0 Å². The topological polar surface area (TPSA) is 43.6 Å². The summed E-state index contributed by atoms with van der Waals surface area (Å²) >= 11 is 0. The van der Waals surface area contributed by atoms with Crippen LogP contribution < -0.4 is 0 Å². The first-order valence-electron chi connectivity index (χ1n) is 4.44. The van der Waals surface area contributed by atoms with Crippen LogP contribution in [0.3, 0.4) is 0 Å². The van der Waals surface area contributed by atoms with Crippen molar-refractivity contribution in [3.05, 3.63) is 18.3 Å². The molecule has 0 N–H and O–H groups in total. The molecule has 0 bridgehead atoms. The summed E-state index contributed by atoms with van der Waals surface area (Å²) in [5.41, 5.74) is 1.80. The zero-order chi connectivity index (χ0) is 9.26. The summed E-state index contributed by atoms with van der Waals surface area (Å²) in [6.45, 7) is 2.14. The molecule has 0 aliphatic carbocycles. The predicted molar refractivity (Wildman–Crippen MR) is 50.3 cm³/mol. The van der Waals surface area contributed by atoms with E-state index in [-0.39, 0.29) is 0 Å². The SMILES string of the molecule is CCCc1nc2cncnc2n1C. The van der Waals surface area contributed by atoms with E-state index in [0.717, 1.165) is 29.8 Å². The number of aromatic nitrogens is 4. The van der Waals surface area contributed by atoms with Crippen LogP contribution in [0.15, 0.2) is 12.5 Å². The number of rotatable bonds is 2. The van der Waals surface area contributed by atoms with Crippen LogP contribution in [0.1, 0.15) is 19.2 Å². The molecule has 2 rings (SSSR count). The van der Waals surface area contributed by atoms with E-state index >= 15 is 0 Å². The van der Waals surface area contributed by atoms with E-state index in [4.69, 9.17) is 0 Å². The molecule has 0 atom stereocenters. The Hall–Kier alpha value is -1.45. The molecule has 2 aromatic rings. The lowest BCUT2D eigenvalue weighted by molar-refractivity contribution is 0.768. The van der Waals surface area contributed by atoms with E-state index in [0.29, 0.717) is 0 Å². The molecule has 0 saturated heterocycles. The summed E-state index contributed by atoms with van der Waals surface area (Å²) in [4.78, 5) is 12.6. The van der Waals surface area contributed by atoms with Crippen molar-refractivity contribution < 1.29 is 0 Å². The molecule has 0 aromatic carbocycles. The van der Waals surface area contributed by atoms with Crippen LogP contribution in [-0.2, 0) is 13.5 Å². The fourth-order valence-corrected chi connectivity index (χ4v) is 1.44. The Kier molecular flexibility index (Phi) is 1.96. The lowest BCUT2D eigenvalue weighted by Gasteiger charge is -1.97. The van der Waals surface area contributed by atoms with Gasteiger partial charge in [0.15, 0.2) is 5.65 Å². The van der Waals surface area contributed by atoms with Crippen molar-refractivity contribution in [2.75, 3.05) is 0 Å². The smallest absolute Gasteiger partial charge is 0.163 e. The maximum absolute atomic E-state index is 4.44. The minimum absolute atomic E-state index is 0.883. The Bertz CT molecular complexity index is 418. The Morgan fingerprint density at radius 3 is 3.00 bits per heavy atom. The van der Waals surface area contributed by atoms with Gasteiger partial charge in [-0.3, -0.25) is 0 Å². The Morgan fingerprint density at radius 1 is 1.46 bits per heavy atom. The van der Waals surface area contributed by atoms with Gasteiger partial charge in [0.1, 0.15) is 17.7 Å². The van der Waals surface area contributed by atoms with Crippen molar-refractivity contribution >= 4 is 11.2 Å². The van der Waals surface area contributed by atoms with Gasteiger partial charge in [-0.25, -0.2) is 15.0 Å². The molecule has 0 aliphatic rings. The molecule has 0 unspecified atom stereocenters. The molecule has 0 radical (unpaired) electrons. The highest BCUT2D eigenvalue weighted by atomic mass is 15.1. The van der Waals surface area contributed by atoms with Crippen molar-refractivity contribution in [2.24, 2.45) is 7.05 Å². The predicted octanol–water partition coefficient (Wildman–Crippen LogP) is 1.32. The lowest BCUT2D eigenvalue weighted by Crippen LogP contribution is -1.97. The van der Waals surface area contributed by atoms with Crippen LogP contribution >= 0.6 is 0 Å². The lowest BCUT2D eigenvalue weighted by atomic mass is 10.3. The molecule has 0 spiro atoms. The van der Waals surface area contributed by atoms with Crippen LogP contribution in [0, 0.1) is 0 Å². The number of aryl methyl sites for hydroxylation is 2. The number of imidazole rings is 1. The van der Waals surface area contributed by atoms with Gasteiger partial charge in [-0.15, -0.1) is 0 Å². The van der Waals surface area contributed by atoms with Crippen molar-refractivity contribution in [3.8, 4) is 0 Å². The van der Waals surface area contributed by atoms with Crippen molar-refractivity contribution in [2.45, 2.75) is 19.8 Å². The van der Waals surface area contributed by atoms with Gasteiger partial charge < -0.3 is 4.57 Å². The van der Waals surface area contributed by atoms with Gasteiger partial charge in [0.2, 0.25) is 0 Å². The average Bonchev–Trinajstić information content (AvgIpc) is 2.46. The number of nitrogens with zero attached hydrogens (tertiary/aromatic N) is 4. The van der Waals surface area contributed by atoms with Crippen LogP contribution in [0.4, 0.5) is 0 Å². The molecule has 0 amide bonds. The Balaban J connectivity index is 2.60. The molecule has 68 valence electrons. The Morgan fingerprint density at radius 2 is 2.31 bits per heavy atom. The fraction of sp³-hybridized carbons (Fsp3) is 0.444. The van der Waals surface area contributed by atoms with Crippen LogP contribution in [0.25, 0.3) is 11.2 Å². The second kappa shape index (κ2) is 3.12. The summed E-state index contributed by atoms with van der Waals surface area (Å²) in [5.74, 6) is 1.08. The van der Waals surface area contributed by atoms with E-state index in [2.05, 4.69) is 21.9 Å². The molecule has 0 fully saturated rings. The van der Waals surface area contributed by atoms with Gasteiger partial charge in [-0.2, -0.15) is 0 Å². The Labute approximate surface area is 76.7 Å². The van der Waals surface area contributed by atoms with Gasteiger partial charge in [0.05, 0.1) is 6.20 Å². The number of hydrogen-bond acceptors (Lipinski definition) is 3. The first-order valence-corrected chi connectivity index (χ1v) is 4.44. The highest BCUT2D eigenvalue weighted by molar-refractivity contribution is 5.69. The summed E-state index contributed by atoms with van der Waals surface area (Å²) in [6.07, 6.45) is 5.40. The molecule has 13 heavy (non-hydrogen) atoms. The third kappa shape index (κ3) is 1.28. The summed E-state index contributed by atoms with van der Waals surface area (Å²) in [7, 11) is 1.99. The van der Waals surface area contributed by atoms with E-state index in [1.807, 2.05) is 11.6 Å². The zero-order valence-electron chi connectivity index (χ0n) is 7.86. The fourth-order valence-electron chi connectivity index (χ4n) is 1.44. The summed E-state index contributed by atoms with van der Waals surface area (Å²) in [6, 6.07) is 0. The minimum Gasteiger partial charge on any atom is -0.316 e. The highest BCUT2D eigenvalue weighted by Crippen LogP contribution is 2.11. The largest absolute Gasteiger partial charge is 0.316 e. The van der Waals surface area contributed by atoms with E-state index in [9.17, 15) is 0 Å². The molecule has 4 heteroatoms. The molecule has 0 saturated carbocycles. The van der Waals surface area contributed by atoms with Crippen LogP contribution in [0.2, 0.25) is 0 Å². The minimum atomic E-state index is 0.883. The first-order chi connectivity index (χ1) is 6.33. The number of fused-ring (bicyclic) bond motifs is 1. The molecular formula is C9H12N4. The molecule has 4 nitrogen and oxygen atoms in total. The standard InChI is InChI=1S/C9H12N4/c1-3-4-8-12-7-5-10-6-11-9(7)13(8)2/h5-6H,3-4H2,1-2H3. The monoisotopic (exact) mass is 176 g/mol. The van der Waals surface area contributed by atoms with Gasteiger partial charge in [0, 0.05) is 13.5 Å². The van der Waals surface area contributed by atoms with Crippen molar-refractivity contribution in [1.82, 2.24) is 19.5 Å². The third-order valence-electron chi connectivity index (χ3n) is 2.10. The molecule has 2 heterocycles. The molecule has 0 aliphatic heterocycles. The van der Waals surface area contributed by atoms with Crippen molar-refractivity contribution in [3.63, 3.8) is 0 Å². The van der Waals surface area contributed by atoms with Crippen molar-refractivity contribution in [1.29, 1.82) is 0 Å². The van der Waals surface area contributed by atoms with Crippen LogP contribution in [-0.4, -0.2) is 19.5 Å². The maximum Gasteiger partial charge on any atom is 0.163 e. The quantitative estimate of drug-likeness (QED) is 0.693. The zero-order valence-corrected chi connectivity index (χ0v) is 7.86. The highest BCUT2D eigenvalue weighted by Gasteiger charge is 2.06. The summed E-state index contributed by atoms with van der Waals surface area (Å²) < 4.78 is 2.03. The summed E-state index contributed by atoms with van der Waals surface area (Å²) in [5, 5.41) is 0. The number of hydrogen-bond donors (Lipinski definition) is 0. The average molecular weight is 176 g/mol. The van der Waals surface area contributed by atoms with Crippen LogP contribution in [0.5, 0.6) is 0 Å². The van der Waals surface area contributed by atoms with E-state index < -0.39 is 0 Å². The first kappa shape index (κ1) is 8.16.